The summed E-state index contributed by atoms with van der Waals surface area (Å²) in [7, 11) is 3.33. The largest absolute Gasteiger partial charge is 0.507 e. The van der Waals surface area contributed by atoms with Gasteiger partial charge in [0.15, 0.2) is 0 Å². The summed E-state index contributed by atoms with van der Waals surface area (Å²) in [5.41, 5.74) is 5.89. The van der Waals surface area contributed by atoms with Gasteiger partial charge in [0.05, 0.1) is 14.2 Å². The van der Waals surface area contributed by atoms with Crippen LogP contribution in [0.4, 0.5) is 0 Å². The highest BCUT2D eigenvalue weighted by molar-refractivity contribution is 6.01. The molecule has 24 heavy (non-hydrogen) atoms. The Morgan fingerprint density at radius 2 is 1.67 bits per heavy atom. The zero-order valence-corrected chi connectivity index (χ0v) is 14.1. The zero-order valence-electron chi connectivity index (χ0n) is 14.1. The van der Waals surface area contributed by atoms with Gasteiger partial charge in [0.1, 0.15) is 17.2 Å². The third-order valence-corrected chi connectivity index (χ3v) is 5.00. The standard InChI is InChI=1S/C21H20O3/c1-4-15-17-8-6-14(24-3)11-18(17)21(22)19-10-12-9-13(23-2)5-7-16(12)20(15)19/h5-9,11,22H,4,10H2,1-3H3. The van der Waals surface area contributed by atoms with Crippen molar-refractivity contribution in [2.75, 3.05) is 14.2 Å². The van der Waals surface area contributed by atoms with E-state index in [1.807, 2.05) is 18.2 Å². The molecule has 0 aliphatic heterocycles. The molecule has 4 rings (SSSR count). The molecule has 3 heteroatoms. The van der Waals surface area contributed by atoms with Crippen molar-refractivity contribution >= 4 is 10.8 Å². The molecule has 122 valence electrons. The van der Waals surface area contributed by atoms with Gasteiger partial charge >= 0.3 is 0 Å². The molecule has 0 spiro atoms. The summed E-state index contributed by atoms with van der Waals surface area (Å²) >= 11 is 0. The van der Waals surface area contributed by atoms with Gasteiger partial charge in [-0.1, -0.05) is 19.1 Å². The van der Waals surface area contributed by atoms with Crippen LogP contribution in [0.3, 0.4) is 0 Å². The molecule has 0 bridgehead atoms. The number of hydrogen-bond donors (Lipinski definition) is 1. The Morgan fingerprint density at radius 3 is 2.38 bits per heavy atom. The number of rotatable bonds is 3. The van der Waals surface area contributed by atoms with Gasteiger partial charge in [-0.15, -0.1) is 0 Å². The lowest BCUT2D eigenvalue weighted by Gasteiger charge is -2.15. The lowest BCUT2D eigenvalue weighted by Crippen LogP contribution is -1.94. The molecule has 0 saturated heterocycles. The number of ether oxygens (including phenoxy) is 2. The molecule has 3 aromatic carbocycles. The maximum atomic E-state index is 10.9. The van der Waals surface area contributed by atoms with Gasteiger partial charge in [0, 0.05) is 17.4 Å². The molecule has 0 aromatic heterocycles. The Labute approximate surface area is 141 Å². The van der Waals surface area contributed by atoms with Crippen LogP contribution in [0, 0.1) is 0 Å². The number of methoxy groups -OCH3 is 2. The number of phenolic OH excluding ortho intramolecular Hbond substituents is 1. The lowest BCUT2D eigenvalue weighted by atomic mass is 9.91. The van der Waals surface area contributed by atoms with Gasteiger partial charge in [-0.25, -0.2) is 0 Å². The van der Waals surface area contributed by atoms with Crippen molar-refractivity contribution in [2.45, 2.75) is 19.8 Å². The van der Waals surface area contributed by atoms with Crippen LogP contribution in [0.5, 0.6) is 17.2 Å². The first-order valence-corrected chi connectivity index (χ1v) is 8.19. The second-order valence-corrected chi connectivity index (χ2v) is 6.15. The Balaban J connectivity index is 2.06. The summed E-state index contributed by atoms with van der Waals surface area (Å²) in [6.07, 6.45) is 1.64. The van der Waals surface area contributed by atoms with Crippen LogP contribution in [0.1, 0.15) is 23.6 Å². The van der Waals surface area contributed by atoms with Crippen molar-refractivity contribution in [3.63, 3.8) is 0 Å². The molecule has 3 nitrogen and oxygen atoms in total. The smallest absolute Gasteiger partial charge is 0.127 e. The summed E-state index contributed by atoms with van der Waals surface area (Å²) in [5, 5.41) is 12.9. The Morgan fingerprint density at radius 1 is 0.958 bits per heavy atom. The molecule has 0 fully saturated rings. The average Bonchev–Trinajstić information content (AvgIpc) is 3.00. The number of aryl methyl sites for hydroxylation is 1. The fourth-order valence-corrected chi connectivity index (χ4v) is 3.85. The first-order valence-electron chi connectivity index (χ1n) is 8.19. The van der Waals surface area contributed by atoms with Crippen LogP contribution < -0.4 is 9.47 Å². The lowest BCUT2D eigenvalue weighted by molar-refractivity contribution is 0.414. The molecule has 3 aromatic rings. The second kappa shape index (κ2) is 5.45. The second-order valence-electron chi connectivity index (χ2n) is 6.15. The summed E-state index contributed by atoms with van der Waals surface area (Å²) in [6.45, 7) is 2.16. The summed E-state index contributed by atoms with van der Waals surface area (Å²) < 4.78 is 10.7. The van der Waals surface area contributed by atoms with Gasteiger partial charge < -0.3 is 14.6 Å². The van der Waals surface area contributed by atoms with Crippen LogP contribution in [-0.2, 0) is 12.8 Å². The predicted octanol–water partition coefficient (Wildman–Crippen LogP) is 4.70. The van der Waals surface area contributed by atoms with Gasteiger partial charge in [-0.2, -0.15) is 0 Å². The minimum Gasteiger partial charge on any atom is -0.507 e. The number of aromatic hydroxyl groups is 1. The first kappa shape index (κ1) is 14.9. The van der Waals surface area contributed by atoms with Gasteiger partial charge in [-0.3, -0.25) is 0 Å². The van der Waals surface area contributed by atoms with Crippen molar-refractivity contribution in [1.29, 1.82) is 0 Å². The van der Waals surface area contributed by atoms with E-state index in [1.54, 1.807) is 14.2 Å². The first-order chi connectivity index (χ1) is 11.7. The van der Waals surface area contributed by atoms with Crippen molar-refractivity contribution in [2.24, 2.45) is 0 Å². The Kier molecular flexibility index (Phi) is 3.38. The van der Waals surface area contributed by atoms with E-state index in [1.165, 1.54) is 22.3 Å². The van der Waals surface area contributed by atoms with Crippen LogP contribution in [0.25, 0.3) is 21.9 Å². The average molecular weight is 320 g/mol. The van der Waals surface area contributed by atoms with E-state index in [0.29, 0.717) is 5.75 Å². The number of phenols is 1. The normalized spacial score (nSPS) is 12.1. The summed E-state index contributed by atoms with van der Waals surface area (Å²) in [6, 6.07) is 12.1. The highest BCUT2D eigenvalue weighted by Gasteiger charge is 2.27. The van der Waals surface area contributed by atoms with E-state index in [0.717, 1.165) is 40.7 Å². The van der Waals surface area contributed by atoms with Crippen molar-refractivity contribution < 1.29 is 14.6 Å². The molecular weight excluding hydrogens is 300 g/mol. The molecule has 0 atom stereocenters. The molecule has 0 radical (unpaired) electrons. The predicted molar refractivity (Wildman–Crippen MR) is 96.3 cm³/mol. The maximum Gasteiger partial charge on any atom is 0.127 e. The van der Waals surface area contributed by atoms with Crippen LogP contribution in [0.2, 0.25) is 0 Å². The monoisotopic (exact) mass is 320 g/mol. The fraction of sp³-hybridized carbons (Fsp3) is 0.238. The van der Waals surface area contributed by atoms with Crippen LogP contribution in [-0.4, -0.2) is 19.3 Å². The molecular formula is C21H20O3. The van der Waals surface area contributed by atoms with E-state index < -0.39 is 0 Å². The highest BCUT2D eigenvalue weighted by atomic mass is 16.5. The number of benzene rings is 3. The van der Waals surface area contributed by atoms with Crippen LogP contribution in [0.15, 0.2) is 36.4 Å². The van der Waals surface area contributed by atoms with E-state index in [9.17, 15) is 5.11 Å². The van der Waals surface area contributed by atoms with Gasteiger partial charge in [0.25, 0.3) is 0 Å². The molecule has 1 aliphatic rings. The van der Waals surface area contributed by atoms with Gasteiger partial charge in [0.2, 0.25) is 0 Å². The fourth-order valence-electron chi connectivity index (χ4n) is 3.85. The third kappa shape index (κ3) is 1.97. The molecule has 1 aliphatic carbocycles. The summed E-state index contributed by atoms with van der Waals surface area (Å²) in [4.78, 5) is 0. The van der Waals surface area contributed by atoms with Crippen molar-refractivity contribution in [3.05, 3.63) is 53.1 Å². The quantitative estimate of drug-likeness (QED) is 0.595. The maximum absolute atomic E-state index is 10.9. The van der Waals surface area contributed by atoms with Crippen molar-refractivity contribution in [1.82, 2.24) is 0 Å². The number of hydrogen-bond acceptors (Lipinski definition) is 3. The minimum atomic E-state index is 0.367. The van der Waals surface area contributed by atoms with Crippen molar-refractivity contribution in [3.8, 4) is 28.4 Å². The zero-order chi connectivity index (χ0) is 16.8. The van der Waals surface area contributed by atoms with E-state index >= 15 is 0 Å². The molecule has 0 heterocycles. The molecule has 0 amide bonds. The third-order valence-electron chi connectivity index (χ3n) is 5.00. The Hall–Kier alpha value is -2.68. The highest BCUT2D eigenvalue weighted by Crippen LogP contribution is 2.48. The van der Waals surface area contributed by atoms with Gasteiger partial charge in [-0.05, 0) is 58.3 Å². The minimum absolute atomic E-state index is 0.367. The topological polar surface area (TPSA) is 38.7 Å². The SMILES string of the molecule is CCc1c2c(c(O)c3cc(OC)ccc13)Cc1cc(OC)ccc1-2. The molecule has 0 unspecified atom stereocenters. The van der Waals surface area contributed by atoms with E-state index in [-0.39, 0.29) is 0 Å². The molecule has 0 saturated carbocycles. The summed E-state index contributed by atoms with van der Waals surface area (Å²) in [5.74, 6) is 1.98. The van der Waals surface area contributed by atoms with E-state index in [2.05, 4.69) is 25.1 Å². The molecule has 1 N–H and O–H groups in total. The van der Waals surface area contributed by atoms with E-state index in [4.69, 9.17) is 9.47 Å². The van der Waals surface area contributed by atoms with Crippen LogP contribution >= 0.6 is 0 Å². The Bertz CT molecular complexity index is 957. The number of fused-ring (bicyclic) bond motifs is 4.